The van der Waals surface area contributed by atoms with Crippen molar-refractivity contribution in [3.8, 4) is 0 Å². The van der Waals surface area contributed by atoms with Crippen molar-refractivity contribution in [2.75, 3.05) is 13.2 Å². The van der Waals surface area contributed by atoms with Gasteiger partial charge in [-0.05, 0) is 37.8 Å². The van der Waals surface area contributed by atoms with Crippen molar-refractivity contribution < 1.29 is 14.3 Å². The lowest BCUT2D eigenvalue weighted by Gasteiger charge is -2.22. The highest BCUT2D eigenvalue weighted by atomic mass is 16.5. The van der Waals surface area contributed by atoms with E-state index in [1.165, 1.54) is 25.7 Å². The average molecular weight is 267 g/mol. The number of nitrogens with one attached hydrogen (secondary N) is 1. The molecule has 0 radical (unpaired) electrons. The van der Waals surface area contributed by atoms with Crippen LogP contribution in [0.1, 0.15) is 38.4 Å². The molecule has 4 heteroatoms. The Hall–Kier alpha value is -0.840. The number of rotatable bonds is 8. The number of aliphatic hydroxyl groups excluding tert-OH is 1. The quantitative estimate of drug-likeness (QED) is 0.759. The van der Waals surface area contributed by atoms with Gasteiger partial charge >= 0.3 is 0 Å². The van der Waals surface area contributed by atoms with Crippen molar-refractivity contribution in [1.82, 2.24) is 5.32 Å². The molecule has 1 aliphatic rings. The summed E-state index contributed by atoms with van der Waals surface area (Å²) in [6.45, 7) is 3.57. The Morgan fingerprint density at radius 2 is 2.26 bits per heavy atom. The fraction of sp³-hybridized carbons (Fsp3) is 0.733. The molecule has 1 heterocycles. The molecular formula is C15H25NO3. The maximum atomic E-state index is 9.85. The fourth-order valence-corrected chi connectivity index (χ4v) is 2.70. The lowest BCUT2D eigenvalue weighted by molar-refractivity contribution is 0.0210. The zero-order valence-corrected chi connectivity index (χ0v) is 11.7. The number of ether oxygens (including phenoxy) is 1. The van der Waals surface area contributed by atoms with Crippen LogP contribution in [0, 0.1) is 5.92 Å². The summed E-state index contributed by atoms with van der Waals surface area (Å²) in [7, 11) is 0. The highest BCUT2D eigenvalue weighted by Gasteiger charge is 2.21. The summed E-state index contributed by atoms with van der Waals surface area (Å²) < 4.78 is 10.6. The minimum atomic E-state index is -0.459. The summed E-state index contributed by atoms with van der Waals surface area (Å²) in [5.41, 5.74) is 0. The highest BCUT2D eigenvalue weighted by Crippen LogP contribution is 2.27. The highest BCUT2D eigenvalue weighted by molar-refractivity contribution is 4.96. The third-order valence-electron chi connectivity index (χ3n) is 3.92. The Bertz CT molecular complexity index is 333. The molecule has 1 aliphatic carbocycles. The van der Waals surface area contributed by atoms with E-state index in [1.807, 2.05) is 12.1 Å². The van der Waals surface area contributed by atoms with Crippen LogP contribution in [0.4, 0.5) is 0 Å². The van der Waals surface area contributed by atoms with Gasteiger partial charge in [-0.1, -0.05) is 12.8 Å². The van der Waals surface area contributed by atoms with E-state index in [1.54, 1.807) is 6.26 Å². The molecule has 108 valence electrons. The zero-order chi connectivity index (χ0) is 13.5. The van der Waals surface area contributed by atoms with E-state index in [2.05, 4.69) is 12.2 Å². The van der Waals surface area contributed by atoms with Crippen molar-refractivity contribution in [2.45, 2.75) is 51.4 Å². The Morgan fingerprint density at radius 3 is 2.95 bits per heavy atom. The van der Waals surface area contributed by atoms with Gasteiger partial charge in [-0.25, -0.2) is 0 Å². The Balaban J connectivity index is 1.55. The van der Waals surface area contributed by atoms with E-state index in [-0.39, 0.29) is 0 Å². The van der Waals surface area contributed by atoms with E-state index >= 15 is 0 Å². The van der Waals surface area contributed by atoms with E-state index < -0.39 is 6.10 Å². The van der Waals surface area contributed by atoms with Crippen LogP contribution in [0.5, 0.6) is 0 Å². The molecule has 0 amide bonds. The van der Waals surface area contributed by atoms with Crippen molar-refractivity contribution in [3.05, 3.63) is 24.2 Å². The van der Waals surface area contributed by atoms with Gasteiger partial charge in [-0.3, -0.25) is 0 Å². The maximum absolute atomic E-state index is 9.85. The third-order valence-corrected chi connectivity index (χ3v) is 3.92. The molecule has 1 unspecified atom stereocenters. The second-order valence-electron chi connectivity index (χ2n) is 5.49. The third kappa shape index (κ3) is 4.97. The van der Waals surface area contributed by atoms with Crippen LogP contribution in [-0.4, -0.2) is 30.4 Å². The van der Waals surface area contributed by atoms with E-state index in [9.17, 15) is 5.11 Å². The molecule has 1 fully saturated rings. The largest absolute Gasteiger partial charge is 0.467 e. The maximum Gasteiger partial charge on any atom is 0.129 e. The zero-order valence-electron chi connectivity index (χ0n) is 11.7. The molecule has 1 aromatic rings. The SMILES string of the molecule is C[C@@H](NCC(O)COCc1ccco1)C1CCCC1. The number of aliphatic hydroxyl groups is 1. The van der Waals surface area contributed by atoms with E-state index in [0.717, 1.165) is 11.7 Å². The summed E-state index contributed by atoms with van der Waals surface area (Å²) in [4.78, 5) is 0. The lowest BCUT2D eigenvalue weighted by atomic mass is 10.00. The van der Waals surface area contributed by atoms with Crippen LogP contribution < -0.4 is 5.32 Å². The monoisotopic (exact) mass is 267 g/mol. The van der Waals surface area contributed by atoms with E-state index in [4.69, 9.17) is 9.15 Å². The van der Waals surface area contributed by atoms with Crippen molar-refractivity contribution in [2.24, 2.45) is 5.92 Å². The molecule has 2 atom stereocenters. The van der Waals surface area contributed by atoms with Gasteiger partial charge in [0.05, 0.1) is 19.0 Å². The van der Waals surface area contributed by atoms with Gasteiger partial charge in [0, 0.05) is 12.6 Å². The van der Waals surface area contributed by atoms with Gasteiger partial charge in [0.25, 0.3) is 0 Å². The standard InChI is InChI=1S/C15H25NO3/c1-12(13-5-2-3-6-13)16-9-14(17)10-18-11-15-7-4-8-19-15/h4,7-8,12-14,16-17H,2-3,5-6,9-11H2,1H3/t12-,14?/m1/s1. The van der Waals surface area contributed by atoms with Gasteiger partial charge in [0.15, 0.2) is 0 Å². The molecule has 2 rings (SSSR count). The minimum absolute atomic E-state index is 0.338. The molecule has 1 aromatic heterocycles. The smallest absolute Gasteiger partial charge is 0.129 e. The molecule has 0 aromatic carbocycles. The first kappa shape index (κ1) is 14.6. The topological polar surface area (TPSA) is 54.6 Å². The summed E-state index contributed by atoms with van der Waals surface area (Å²) >= 11 is 0. The van der Waals surface area contributed by atoms with Crippen LogP contribution >= 0.6 is 0 Å². The predicted octanol–water partition coefficient (Wildman–Crippen LogP) is 2.33. The van der Waals surface area contributed by atoms with Crippen LogP contribution in [0.15, 0.2) is 22.8 Å². The lowest BCUT2D eigenvalue weighted by Crippen LogP contribution is -2.39. The molecular weight excluding hydrogens is 242 g/mol. The minimum Gasteiger partial charge on any atom is -0.467 e. The van der Waals surface area contributed by atoms with Crippen molar-refractivity contribution >= 4 is 0 Å². The van der Waals surface area contributed by atoms with Crippen LogP contribution in [0.25, 0.3) is 0 Å². The molecule has 1 saturated carbocycles. The fourth-order valence-electron chi connectivity index (χ4n) is 2.70. The second kappa shape index (κ2) is 7.68. The molecule has 19 heavy (non-hydrogen) atoms. The van der Waals surface area contributed by atoms with Crippen LogP contribution in [0.3, 0.4) is 0 Å². The summed E-state index contributed by atoms with van der Waals surface area (Å²) in [5.74, 6) is 1.57. The first-order valence-corrected chi connectivity index (χ1v) is 7.27. The van der Waals surface area contributed by atoms with Crippen molar-refractivity contribution in [3.63, 3.8) is 0 Å². The Kier molecular flexibility index (Phi) is 5.89. The molecule has 0 bridgehead atoms. The van der Waals surface area contributed by atoms with Gasteiger partial charge in [0.1, 0.15) is 12.4 Å². The molecule has 2 N–H and O–H groups in total. The number of hydrogen-bond donors (Lipinski definition) is 2. The molecule has 0 aliphatic heterocycles. The summed E-state index contributed by atoms with van der Waals surface area (Å²) in [5, 5.41) is 13.3. The van der Waals surface area contributed by atoms with Gasteiger partial charge < -0.3 is 19.6 Å². The van der Waals surface area contributed by atoms with Gasteiger partial charge in [-0.2, -0.15) is 0 Å². The van der Waals surface area contributed by atoms with Gasteiger partial charge in [-0.15, -0.1) is 0 Å². The average Bonchev–Trinajstić information content (AvgIpc) is 3.08. The molecule has 0 spiro atoms. The van der Waals surface area contributed by atoms with Gasteiger partial charge in [0.2, 0.25) is 0 Å². The first-order valence-electron chi connectivity index (χ1n) is 7.27. The van der Waals surface area contributed by atoms with E-state index in [0.29, 0.717) is 25.8 Å². The molecule has 0 saturated heterocycles. The predicted molar refractivity (Wildman–Crippen MR) is 73.8 cm³/mol. The normalized spacial score (nSPS) is 19.7. The summed E-state index contributed by atoms with van der Waals surface area (Å²) in [6.07, 6.45) is 6.51. The Labute approximate surface area is 115 Å². The molecule has 4 nitrogen and oxygen atoms in total. The number of hydrogen-bond acceptors (Lipinski definition) is 4. The summed E-state index contributed by atoms with van der Waals surface area (Å²) in [6, 6.07) is 4.19. The van der Waals surface area contributed by atoms with Crippen LogP contribution in [-0.2, 0) is 11.3 Å². The number of furan rings is 1. The van der Waals surface area contributed by atoms with Crippen LogP contribution in [0.2, 0.25) is 0 Å². The second-order valence-corrected chi connectivity index (χ2v) is 5.49. The first-order chi connectivity index (χ1) is 9.25. The van der Waals surface area contributed by atoms with Crippen molar-refractivity contribution in [1.29, 1.82) is 0 Å². The Morgan fingerprint density at radius 1 is 1.47 bits per heavy atom.